The van der Waals surface area contributed by atoms with Crippen LogP contribution in [0.25, 0.3) is 5.69 Å². The molecule has 1 aromatic heterocycles. The van der Waals surface area contributed by atoms with E-state index in [1.165, 1.54) is 6.33 Å². The number of halogens is 1. The van der Waals surface area contributed by atoms with Crippen LogP contribution < -0.4 is 5.73 Å². The summed E-state index contributed by atoms with van der Waals surface area (Å²) < 4.78 is 1.61. The topological polar surface area (TPSA) is 56.7 Å². The summed E-state index contributed by atoms with van der Waals surface area (Å²) in [5.41, 5.74) is 7.30. The summed E-state index contributed by atoms with van der Waals surface area (Å²) in [6, 6.07) is 5.63. The van der Waals surface area contributed by atoms with Crippen LogP contribution in [0.1, 0.15) is 5.56 Å². The molecule has 0 spiro atoms. The van der Waals surface area contributed by atoms with Gasteiger partial charge in [-0.1, -0.05) is 17.7 Å². The van der Waals surface area contributed by atoms with Gasteiger partial charge in [0.25, 0.3) is 0 Å². The Hall–Kier alpha value is -1.39. The highest BCUT2D eigenvalue weighted by Gasteiger charge is 2.03. The van der Waals surface area contributed by atoms with Gasteiger partial charge in [-0.3, -0.25) is 0 Å². The average molecular weight is 209 g/mol. The normalized spacial score (nSPS) is 10.4. The molecule has 0 fully saturated rings. The molecule has 0 unspecified atom stereocenters. The van der Waals surface area contributed by atoms with Gasteiger partial charge in [-0.25, -0.2) is 9.67 Å². The minimum Gasteiger partial charge on any atom is -0.326 e. The molecule has 0 aliphatic carbocycles. The number of nitrogens with two attached hydrogens (primary N) is 1. The van der Waals surface area contributed by atoms with Crippen molar-refractivity contribution in [3.63, 3.8) is 0 Å². The molecule has 4 nitrogen and oxygen atoms in total. The summed E-state index contributed by atoms with van der Waals surface area (Å²) in [7, 11) is 0. The van der Waals surface area contributed by atoms with Crippen molar-refractivity contribution in [2.45, 2.75) is 6.54 Å². The zero-order valence-corrected chi connectivity index (χ0v) is 8.15. The molecule has 5 heteroatoms. The summed E-state index contributed by atoms with van der Waals surface area (Å²) in [5, 5.41) is 4.62. The molecule has 0 saturated carbocycles. The van der Waals surface area contributed by atoms with Gasteiger partial charge in [-0.15, -0.1) is 0 Å². The summed E-state index contributed by atoms with van der Waals surface area (Å²) in [4.78, 5) is 3.85. The lowest BCUT2D eigenvalue weighted by atomic mass is 10.2. The number of aromatic nitrogens is 3. The van der Waals surface area contributed by atoms with Gasteiger partial charge in [0.15, 0.2) is 0 Å². The quantitative estimate of drug-likeness (QED) is 0.811. The van der Waals surface area contributed by atoms with E-state index >= 15 is 0 Å². The van der Waals surface area contributed by atoms with Crippen LogP contribution in [0.15, 0.2) is 30.9 Å². The molecule has 0 radical (unpaired) electrons. The Kier molecular flexibility index (Phi) is 2.47. The Morgan fingerprint density at radius 2 is 2.29 bits per heavy atom. The average Bonchev–Trinajstić information content (AvgIpc) is 2.70. The Labute approximate surface area is 86.3 Å². The van der Waals surface area contributed by atoms with Crippen molar-refractivity contribution in [1.29, 1.82) is 0 Å². The number of hydrogen-bond acceptors (Lipinski definition) is 3. The minimum atomic E-state index is 0.483. The molecule has 14 heavy (non-hydrogen) atoms. The Morgan fingerprint density at radius 3 is 2.86 bits per heavy atom. The lowest BCUT2D eigenvalue weighted by Gasteiger charge is -2.04. The Morgan fingerprint density at radius 1 is 1.43 bits per heavy atom. The molecule has 2 rings (SSSR count). The molecular weight excluding hydrogens is 200 g/mol. The molecule has 0 bridgehead atoms. The van der Waals surface area contributed by atoms with Gasteiger partial charge in [0.2, 0.25) is 0 Å². The first-order valence-electron chi connectivity index (χ1n) is 4.15. The molecule has 1 heterocycles. The highest BCUT2D eigenvalue weighted by molar-refractivity contribution is 6.32. The molecule has 0 aliphatic rings. The maximum Gasteiger partial charge on any atom is 0.138 e. The fourth-order valence-electron chi connectivity index (χ4n) is 1.20. The van der Waals surface area contributed by atoms with Crippen LogP contribution in [0.3, 0.4) is 0 Å². The third-order valence-electron chi connectivity index (χ3n) is 1.91. The molecular formula is C9H9ClN4. The van der Waals surface area contributed by atoms with E-state index in [-0.39, 0.29) is 0 Å². The van der Waals surface area contributed by atoms with E-state index in [1.807, 2.05) is 18.2 Å². The maximum absolute atomic E-state index is 6.06. The summed E-state index contributed by atoms with van der Waals surface area (Å²) >= 11 is 6.06. The van der Waals surface area contributed by atoms with Crippen LogP contribution in [-0.4, -0.2) is 14.8 Å². The predicted octanol–water partition coefficient (Wildman–Crippen LogP) is 1.38. The summed E-state index contributed by atoms with van der Waals surface area (Å²) in [5.74, 6) is 0. The van der Waals surface area contributed by atoms with Crippen molar-refractivity contribution >= 4 is 11.6 Å². The van der Waals surface area contributed by atoms with Gasteiger partial charge < -0.3 is 5.73 Å². The van der Waals surface area contributed by atoms with Crippen molar-refractivity contribution in [2.24, 2.45) is 5.73 Å². The second-order valence-electron chi connectivity index (χ2n) is 2.83. The van der Waals surface area contributed by atoms with Crippen LogP contribution in [0.4, 0.5) is 0 Å². The predicted molar refractivity (Wildman–Crippen MR) is 54.3 cm³/mol. The largest absolute Gasteiger partial charge is 0.326 e. The van der Waals surface area contributed by atoms with Crippen molar-refractivity contribution < 1.29 is 0 Å². The zero-order valence-electron chi connectivity index (χ0n) is 7.39. The van der Waals surface area contributed by atoms with E-state index in [0.717, 1.165) is 11.3 Å². The highest BCUT2D eigenvalue weighted by atomic mass is 35.5. The first-order valence-corrected chi connectivity index (χ1v) is 4.52. The van der Waals surface area contributed by atoms with Crippen molar-refractivity contribution in [3.05, 3.63) is 41.4 Å². The number of hydrogen-bond donors (Lipinski definition) is 1. The first-order chi connectivity index (χ1) is 6.81. The van der Waals surface area contributed by atoms with E-state index < -0.39 is 0 Å². The summed E-state index contributed by atoms with van der Waals surface area (Å²) in [6.45, 7) is 0.483. The molecule has 0 amide bonds. The molecule has 0 atom stereocenters. The monoisotopic (exact) mass is 208 g/mol. The van der Waals surface area contributed by atoms with E-state index in [4.69, 9.17) is 17.3 Å². The van der Waals surface area contributed by atoms with Crippen molar-refractivity contribution in [1.82, 2.24) is 14.8 Å². The van der Waals surface area contributed by atoms with Crippen LogP contribution >= 0.6 is 11.6 Å². The van der Waals surface area contributed by atoms with Crippen LogP contribution in [0, 0.1) is 0 Å². The fraction of sp³-hybridized carbons (Fsp3) is 0.111. The van der Waals surface area contributed by atoms with Crippen LogP contribution in [-0.2, 0) is 6.54 Å². The third-order valence-corrected chi connectivity index (χ3v) is 2.22. The number of benzene rings is 1. The third kappa shape index (κ3) is 1.62. The number of rotatable bonds is 2. The SMILES string of the molecule is NCc1ccc(-n2cncn2)c(Cl)c1. The lowest BCUT2D eigenvalue weighted by Crippen LogP contribution is -1.99. The first kappa shape index (κ1) is 9.18. The molecule has 72 valence electrons. The van der Waals surface area contributed by atoms with Crippen LogP contribution in [0.2, 0.25) is 5.02 Å². The van der Waals surface area contributed by atoms with Gasteiger partial charge >= 0.3 is 0 Å². The number of nitrogens with zero attached hydrogens (tertiary/aromatic N) is 3. The van der Waals surface area contributed by atoms with Crippen LogP contribution in [0.5, 0.6) is 0 Å². The van der Waals surface area contributed by atoms with E-state index in [0.29, 0.717) is 11.6 Å². The fourth-order valence-corrected chi connectivity index (χ4v) is 1.49. The van der Waals surface area contributed by atoms with Crippen molar-refractivity contribution in [3.8, 4) is 5.69 Å². The Balaban J connectivity index is 2.46. The van der Waals surface area contributed by atoms with E-state index in [2.05, 4.69) is 10.1 Å². The van der Waals surface area contributed by atoms with Gasteiger partial charge in [0.05, 0.1) is 10.7 Å². The molecule has 2 N–H and O–H groups in total. The molecule has 0 aliphatic heterocycles. The highest BCUT2D eigenvalue weighted by Crippen LogP contribution is 2.20. The van der Waals surface area contributed by atoms with Gasteiger partial charge in [-0.05, 0) is 17.7 Å². The molecule has 1 aromatic carbocycles. The molecule has 0 saturated heterocycles. The van der Waals surface area contributed by atoms with Gasteiger partial charge in [0.1, 0.15) is 12.7 Å². The lowest BCUT2D eigenvalue weighted by molar-refractivity contribution is 0.877. The Bertz CT molecular complexity index is 424. The second-order valence-corrected chi connectivity index (χ2v) is 3.24. The standard InChI is InChI=1S/C9H9ClN4/c10-8-3-7(4-11)1-2-9(8)14-6-12-5-13-14/h1-3,5-6H,4,11H2. The zero-order chi connectivity index (χ0) is 9.97. The van der Waals surface area contributed by atoms with Gasteiger partial charge in [0, 0.05) is 6.54 Å². The molecule has 2 aromatic rings. The van der Waals surface area contributed by atoms with E-state index in [1.54, 1.807) is 11.0 Å². The second kappa shape index (κ2) is 3.77. The summed E-state index contributed by atoms with van der Waals surface area (Å²) in [6.07, 6.45) is 3.07. The van der Waals surface area contributed by atoms with E-state index in [9.17, 15) is 0 Å². The maximum atomic E-state index is 6.06. The van der Waals surface area contributed by atoms with Crippen molar-refractivity contribution in [2.75, 3.05) is 0 Å². The smallest absolute Gasteiger partial charge is 0.138 e. The van der Waals surface area contributed by atoms with Gasteiger partial charge in [-0.2, -0.15) is 5.10 Å². The minimum absolute atomic E-state index is 0.483.